The SMILES string of the molecule is CC(CCN)S(=O)CCc1ccncc1. The Morgan fingerprint density at radius 1 is 1.47 bits per heavy atom. The van der Waals surface area contributed by atoms with Gasteiger partial charge in [0.25, 0.3) is 0 Å². The van der Waals surface area contributed by atoms with Crippen molar-refractivity contribution in [1.29, 1.82) is 0 Å². The fourth-order valence-electron chi connectivity index (χ4n) is 1.34. The van der Waals surface area contributed by atoms with E-state index in [0.29, 0.717) is 12.3 Å². The standard InChI is InChI=1S/C11H18N2OS/c1-10(2-6-12)15(14)9-5-11-3-7-13-8-4-11/h3-4,7-8,10H,2,5-6,9,12H2,1H3. The number of nitrogens with two attached hydrogens (primary N) is 1. The van der Waals surface area contributed by atoms with Gasteiger partial charge in [-0.15, -0.1) is 0 Å². The molecule has 0 fully saturated rings. The van der Waals surface area contributed by atoms with E-state index in [9.17, 15) is 4.21 Å². The zero-order chi connectivity index (χ0) is 11.1. The van der Waals surface area contributed by atoms with Crippen LogP contribution in [-0.4, -0.2) is 26.7 Å². The van der Waals surface area contributed by atoms with Gasteiger partial charge >= 0.3 is 0 Å². The minimum absolute atomic E-state index is 0.205. The molecule has 1 aromatic heterocycles. The average molecular weight is 226 g/mol. The smallest absolute Gasteiger partial charge is 0.0331 e. The van der Waals surface area contributed by atoms with E-state index in [1.807, 2.05) is 19.1 Å². The minimum Gasteiger partial charge on any atom is -0.330 e. The van der Waals surface area contributed by atoms with Crippen LogP contribution in [0.25, 0.3) is 0 Å². The highest BCUT2D eigenvalue weighted by molar-refractivity contribution is 7.85. The highest BCUT2D eigenvalue weighted by Gasteiger charge is 2.09. The summed E-state index contributed by atoms with van der Waals surface area (Å²) in [5, 5.41) is 0.205. The van der Waals surface area contributed by atoms with Crippen LogP contribution in [0, 0.1) is 0 Å². The van der Waals surface area contributed by atoms with Crippen molar-refractivity contribution in [2.75, 3.05) is 12.3 Å². The third-order valence-corrected chi connectivity index (χ3v) is 4.10. The molecule has 0 radical (unpaired) electrons. The molecule has 0 bridgehead atoms. The summed E-state index contributed by atoms with van der Waals surface area (Å²) in [5.74, 6) is 0.713. The number of pyridine rings is 1. The fraction of sp³-hybridized carbons (Fsp3) is 0.545. The Morgan fingerprint density at radius 2 is 2.13 bits per heavy atom. The molecule has 0 aliphatic carbocycles. The Balaban J connectivity index is 2.34. The summed E-state index contributed by atoms with van der Waals surface area (Å²) < 4.78 is 11.7. The van der Waals surface area contributed by atoms with Gasteiger partial charge in [0.15, 0.2) is 0 Å². The molecule has 0 amide bonds. The lowest BCUT2D eigenvalue weighted by atomic mass is 10.2. The van der Waals surface area contributed by atoms with Crippen molar-refractivity contribution < 1.29 is 4.21 Å². The van der Waals surface area contributed by atoms with E-state index < -0.39 is 10.8 Å². The average Bonchev–Trinajstić information content (AvgIpc) is 2.27. The Hall–Kier alpha value is -0.740. The molecule has 4 heteroatoms. The van der Waals surface area contributed by atoms with Gasteiger partial charge in [0.05, 0.1) is 0 Å². The van der Waals surface area contributed by atoms with E-state index in [4.69, 9.17) is 5.73 Å². The summed E-state index contributed by atoms with van der Waals surface area (Å²) in [4.78, 5) is 3.94. The minimum atomic E-state index is -0.766. The molecule has 0 aromatic carbocycles. The van der Waals surface area contributed by atoms with Gasteiger partial charge in [0.2, 0.25) is 0 Å². The van der Waals surface area contributed by atoms with Gasteiger partial charge in [-0.1, -0.05) is 6.92 Å². The van der Waals surface area contributed by atoms with Gasteiger partial charge in [0.1, 0.15) is 0 Å². The van der Waals surface area contributed by atoms with Crippen LogP contribution in [0.5, 0.6) is 0 Å². The summed E-state index contributed by atoms with van der Waals surface area (Å²) in [6.45, 7) is 2.61. The summed E-state index contributed by atoms with van der Waals surface area (Å²) in [6.07, 6.45) is 5.22. The highest BCUT2D eigenvalue weighted by atomic mass is 32.2. The molecule has 1 aromatic rings. The summed E-state index contributed by atoms with van der Waals surface area (Å²) in [7, 11) is -0.766. The number of hydrogen-bond acceptors (Lipinski definition) is 3. The Kier molecular flexibility index (Phi) is 5.50. The summed E-state index contributed by atoms with van der Waals surface area (Å²) >= 11 is 0. The molecule has 3 nitrogen and oxygen atoms in total. The number of hydrogen-bond donors (Lipinski definition) is 1. The van der Waals surface area contributed by atoms with Crippen LogP contribution in [0.15, 0.2) is 24.5 Å². The number of rotatable bonds is 6. The van der Waals surface area contributed by atoms with E-state index in [2.05, 4.69) is 4.98 Å². The first-order chi connectivity index (χ1) is 7.24. The zero-order valence-corrected chi connectivity index (χ0v) is 9.87. The van der Waals surface area contributed by atoms with Crippen molar-refractivity contribution in [3.05, 3.63) is 30.1 Å². The van der Waals surface area contributed by atoms with E-state index in [1.54, 1.807) is 12.4 Å². The maximum absolute atomic E-state index is 11.7. The second-order valence-electron chi connectivity index (χ2n) is 3.58. The largest absolute Gasteiger partial charge is 0.330 e. The molecule has 1 rings (SSSR count). The summed E-state index contributed by atoms with van der Waals surface area (Å²) in [6, 6.07) is 3.93. The first-order valence-corrected chi connectivity index (χ1v) is 6.58. The third-order valence-electron chi connectivity index (χ3n) is 2.36. The van der Waals surface area contributed by atoms with E-state index in [1.165, 1.54) is 5.56 Å². The van der Waals surface area contributed by atoms with Crippen molar-refractivity contribution in [1.82, 2.24) is 4.98 Å². The fourth-order valence-corrected chi connectivity index (χ4v) is 2.57. The molecule has 0 spiro atoms. The van der Waals surface area contributed by atoms with Crippen LogP contribution in [0.4, 0.5) is 0 Å². The molecular formula is C11H18N2OS. The Labute approximate surface area is 93.6 Å². The van der Waals surface area contributed by atoms with Gasteiger partial charge in [-0.05, 0) is 37.1 Å². The molecule has 0 saturated carbocycles. The monoisotopic (exact) mass is 226 g/mol. The molecule has 15 heavy (non-hydrogen) atoms. The lowest BCUT2D eigenvalue weighted by molar-refractivity contribution is 0.665. The van der Waals surface area contributed by atoms with E-state index in [0.717, 1.165) is 12.8 Å². The maximum Gasteiger partial charge on any atom is 0.0331 e. The molecule has 84 valence electrons. The van der Waals surface area contributed by atoms with Crippen LogP contribution >= 0.6 is 0 Å². The predicted octanol–water partition coefficient (Wildman–Crippen LogP) is 1.11. The van der Waals surface area contributed by atoms with Crippen molar-refractivity contribution in [3.63, 3.8) is 0 Å². The van der Waals surface area contributed by atoms with Crippen LogP contribution < -0.4 is 5.73 Å². The molecule has 2 N–H and O–H groups in total. The van der Waals surface area contributed by atoms with Gasteiger partial charge in [-0.25, -0.2) is 0 Å². The van der Waals surface area contributed by atoms with Crippen molar-refractivity contribution in [2.45, 2.75) is 25.0 Å². The van der Waals surface area contributed by atoms with Crippen molar-refractivity contribution in [3.8, 4) is 0 Å². The molecule has 0 saturated heterocycles. The molecule has 0 aliphatic heterocycles. The second-order valence-corrected chi connectivity index (χ2v) is 5.55. The molecule has 2 atom stereocenters. The second kappa shape index (κ2) is 6.69. The van der Waals surface area contributed by atoms with Gasteiger partial charge in [0, 0.05) is 34.2 Å². The maximum atomic E-state index is 11.7. The molecule has 2 unspecified atom stereocenters. The van der Waals surface area contributed by atoms with Gasteiger partial charge < -0.3 is 5.73 Å². The van der Waals surface area contributed by atoms with Crippen molar-refractivity contribution >= 4 is 10.8 Å². The Morgan fingerprint density at radius 3 is 2.73 bits per heavy atom. The lowest BCUT2D eigenvalue weighted by Crippen LogP contribution is -2.19. The van der Waals surface area contributed by atoms with Crippen LogP contribution in [0.2, 0.25) is 0 Å². The number of aromatic nitrogens is 1. The van der Waals surface area contributed by atoms with Crippen molar-refractivity contribution in [2.24, 2.45) is 5.73 Å². The quantitative estimate of drug-likeness (QED) is 0.790. The van der Waals surface area contributed by atoms with Crippen LogP contribution in [0.1, 0.15) is 18.9 Å². The molecule has 0 aliphatic rings. The summed E-state index contributed by atoms with van der Waals surface area (Å²) in [5.41, 5.74) is 6.62. The Bertz CT molecular complexity index is 303. The normalized spacial score (nSPS) is 14.8. The number of nitrogens with zero attached hydrogens (tertiary/aromatic N) is 1. The predicted molar refractivity (Wildman–Crippen MR) is 64.1 cm³/mol. The van der Waals surface area contributed by atoms with E-state index in [-0.39, 0.29) is 5.25 Å². The molecule has 1 heterocycles. The number of aryl methyl sites for hydroxylation is 1. The first kappa shape index (κ1) is 12.3. The lowest BCUT2D eigenvalue weighted by Gasteiger charge is -2.09. The van der Waals surface area contributed by atoms with Gasteiger partial charge in [-0.3, -0.25) is 9.19 Å². The zero-order valence-electron chi connectivity index (χ0n) is 9.06. The molecular weight excluding hydrogens is 208 g/mol. The topological polar surface area (TPSA) is 56.0 Å². The van der Waals surface area contributed by atoms with Gasteiger partial charge in [-0.2, -0.15) is 0 Å². The van der Waals surface area contributed by atoms with E-state index >= 15 is 0 Å². The first-order valence-electron chi connectivity index (χ1n) is 5.20. The highest BCUT2D eigenvalue weighted by Crippen LogP contribution is 2.04. The van der Waals surface area contributed by atoms with Crippen LogP contribution in [-0.2, 0) is 17.2 Å². The van der Waals surface area contributed by atoms with Crippen LogP contribution in [0.3, 0.4) is 0 Å². The third kappa shape index (κ3) is 4.53.